The van der Waals surface area contributed by atoms with Crippen LogP contribution in [-0.2, 0) is 14.6 Å². The number of ether oxygens (including phenoxy) is 2. The lowest BCUT2D eigenvalue weighted by molar-refractivity contribution is 0.0240. The molecule has 1 aromatic rings. The Morgan fingerprint density at radius 2 is 1.79 bits per heavy atom. The highest BCUT2D eigenvalue weighted by Crippen LogP contribution is 2.29. The van der Waals surface area contributed by atoms with E-state index < -0.39 is 15.4 Å². The van der Waals surface area contributed by atoms with Crippen LogP contribution in [0.25, 0.3) is 0 Å². The molecule has 1 aromatic carbocycles. The third-order valence-corrected chi connectivity index (χ3v) is 5.01. The summed E-state index contributed by atoms with van der Waals surface area (Å²) in [4.78, 5) is 16.2. The zero-order valence-electron chi connectivity index (χ0n) is 18.0. The van der Waals surface area contributed by atoms with E-state index in [-0.39, 0.29) is 18.0 Å². The third kappa shape index (κ3) is 8.10. The number of hydrogen-bond acceptors (Lipinski definition) is 7. The second-order valence-corrected chi connectivity index (χ2v) is 10.5. The monoisotopic (exact) mass is 427 g/mol. The Morgan fingerprint density at radius 3 is 2.38 bits per heavy atom. The molecule has 0 aromatic heterocycles. The number of amides is 1. The Morgan fingerprint density at radius 1 is 1.17 bits per heavy atom. The van der Waals surface area contributed by atoms with Gasteiger partial charge in [-0.2, -0.15) is 0 Å². The van der Waals surface area contributed by atoms with Gasteiger partial charge in [-0.05, 0) is 39.8 Å². The van der Waals surface area contributed by atoms with E-state index in [1.54, 1.807) is 4.90 Å². The molecule has 29 heavy (non-hydrogen) atoms. The Labute approximate surface area is 174 Å². The molecule has 0 saturated carbocycles. The van der Waals surface area contributed by atoms with Crippen LogP contribution in [0, 0.1) is 0 Å². The zero-order valence-corrected chi connectivity index (χ0v) is 18.8. The number of benzene rings is 1. The molecule has 1 saturated heterocycles. The smallest absolute Gasteiger partial charge is 0.410 e. The first-order valence-corrected chi connectivity index (χ1v) is 11.9. The van der Waals surface area contributed by atoms with E-state index in [2.05, 4.69) is 10.2 Å². The number of para-hydroxylation sites is 2. The summed E-state index contributed by atoms with van der Waals surface area (Å²) in [5.41, 5.74) is 0.461. The van der Waals surface area contributed by atoms with E-state index in [0.717, 1.165) is 11.4 Å². The van der Waals surface area contributed by atoms with Crippen molar-refractivity contribution in [3.8, 4) is 5.75 Å². The molecule has 1 N–H and O–H groups in total. The fraction of sp³-hybridized carbons (Fsp3) is 0.650. The third-order valence-electron chi connectivity index (χ3n) is 4.32. The second kappa shape index (κ2) is 9.67. The number of carbonyl (C=O) groups is 1. The molecule has 9 heteroatoms. The summed E-state index contributed by atoms with van der Waals surface area (Å²) in [5.74, 6) is 0.664. The fourth-order valence-electron chi connectivity index (χ4n) is 2.86. The number of anilines is 1. The van der Waals surface area contributed by atoms with Gasteiger partial charge in [0.1, 0.15) is 18.0 Å². The normalized spacial score (nSPS) is 16.4. The molecule has 1 unspecified atom stereocenters. The molecule has 1 aliphatic rings. The molecule has 2 rings (SSSR count). The number of carbonyl (C=O) groups excluding carboxylic acids is 1. The van der Waals surface area contributed by atoms with Crippen LogP contribution >= 0.6 is 0 Å². The Bertz CT molecular complexity index is 784. The lowest BCUT2D eigenvalue weighted by atomic mass is 10.2. The highest BCUT2D eigenvalue weighted by molar-refractivity contribution is 7.90. The van der Waals surface area contributed by atoms with Gasteiger partial charge >= 0.3 is 6.09 Å². The van der Waals surface area contributed by atoms with Gasteiger partial charge in [0.25, 0.3) is 0 Å². The fourth-order valence-corrected chi connectivity index (χ4v) is 3.45. The van der Waals surface area contributed by atoms with Crippen LogP contribution in [0.4, 0.5) is 10.5 Å². The molecule has 0 bridgehead atoms. The summed E-state index contributed by atoms with van der Waals surface area (Å²) in [6.07, 6.45) is 0.909. The van der Waals surface area contributed by atoms with Crippen molar-refractivity contribution in [1.29, 1.82) is 0 Å². The predicted octanol–water partition coefficient (Wildman–Crippen LogP) is 2.10. The van der Waals surface area contributed by atoms with Crippen molar-refractivity contribution in [3.05, 3.63) is 24.3 Å². The molecule has 0 radical (unpaired) electrons. The van der Waals surface area contributed by atoms with E-state index in [1.807, 2.05) is 52.0 Å². The van der Waals surface area contributed by atoms with Crippen LogP contribution in [0.15, 0.2) is 24.3 Å². The van der Waals surface area contributed by atoms with Crippen LogP contribution in [0.5, 0.6) is 5.75 Å². The summed E-state index contributed by atoms with van der Waals surface area (Å²) in [6.45, 7) is 10.3. The number of nitrogens with zero attached hydrogens (tertiary/aromatic N) is 2. The average Bonchev–Trinajstić information content (AvgIpc) is 2.63. The van der Waals surface area contributed by atoms with E-state index in [0.29, 0.717) is 32.8 Å². The van der Waals surface area contributed by atoms with Gasteiger partial charge in [0.2, 0.25) is 0 Å². The maximum atomic E-state index is 12.2. The number of piperazine rings is 1. The van der Waals surface area contributed by atoms with Crippen LogP contribution < -0.4 is 15.0 Å². The minimum Gasteiger partial charge on any atom is -0.490 e. The summed E-state index contributed by atoms with van der Waals surface area (Å²) in [7, 11) is -3.07. The van der Waals surface area contributed by atoms with Gasteiger partial charge in [-0.3, -0.25) is 5.32 Å². The maximum Gasteiger partial charge on any atom is 0.410 e. The molecule has 1 amide bonds. The molecule has 1 fully saturated rings. The number of hydrogen-bond donors (Lipinski definition) is 1. The topological polar surface area (TPSA) is 88.2 Å². The molecule has 1 atom stereocenters. The van der Waals surface area contributed by atoms with Crippen molar-refractivity contribution in [3.63, 3.8) is 0 Å². The molecule has 1 heterocycles. The van der Waals surface area contributed by atoms with Crippen LogP contribution in [0.2, 0.25) is 0 Å². The largest absolute Gasteiger partial charge is 0.490 e. The van der Waals surface area contributed by atoms with Crippen molar-refractivity contribution in [2.24, 2.45) is 0 Å². The van der Waals surface area contributed by atoms with Crippen molar-refractivity contribution >= 4 is 21.6 Å². The number of sulfone groups is 1. The van der Waals surface area contributed by atoms with Gasteiger partial charge in [-0.25, -0.2) is 13.2 Å². The molecular formula is C20H33N3O5S. The molecular weight excluding hydrogens is 394 g/mol. The Hall–Kier alpha value is -2.00. The summed E-state index contributed by atoms with van der Waals surface area (Å²) < 4.78 is 34.0. The molecule has 1 aliphatic heterocycles. The van der Waals surface area contributed by atoms with Gasteiger partial charge < -0.3 is 19.3 Å². The quantitative estimate of drug-likeness (QED) is 0.713. The number of nitrogens with one attached hydrogen (secondary N) is 1. The van der Waals surface area contributed by atoms with Gasteiger partial charge in [-0.1, -0.05) is 12.1 Å². The van der Waals surface area contributed by atoms with Crippen molar-refractivity contribution in [1.82, 2.24) is 10.2 Å². The van der Waals surface area contributed by atoms with Crippen molar-refractivity contribution in [2.45, 2.75) is 39.3 Å². The molecule has 8 nitrogen and oxygen atoms in total. The molecule has 164 valence electrons. The minimum absolute atomic E-state index is 0.0776. The van der Waals surface area contributed by atoms with E-state index >= 15 is 0 Å². The lowest BCUT2D eigenvalue weighted by Gasteiger charge is -2.37. The highest BCUT2D eigenvalue weighted by Gasteiger charge is 2.26. The van der Waals surface area contributed by atoms with Gasteiger partial charge in [0.05, 0.1) is 11.6 Å². The van der Waals surface area contributed by atoms with Crippen LogP contribution in [0.3, 0.4) is 0 Å². The standard InChI is InChI=1S/C20H33N3O5S/c1-16(21-15-29(5,25)26)14-27-18-9-7-6-8-17(18)22-10-12-23(13-11-22)19(24)28-20(2,3)4/h6-9,16,21H,10-15H2,1-5H3. The second-order valence-electron chi connectivity index (χ2n) is 8.41. The van der Waals surface area contributed by atoms with E-state index in [9.17, 15) is 13.2 Å². The first-order valence-electron chi connectivity index (χ1n) is 9.80. The van der Waals surface area contributed by atoms with Gasteiger partial charge in [0.15, 0.2) is 9.84 Å². The summed E-state index contributed by atoms with van der Waals surface area (Å²) in [5, 5.41) is 2.94. The zero-order chi connectivity index (χ0) is 21.7. The van der Waals surface area contributed by atoms with E-state index in [1.165, 1.54) is 6.26 Å². The number of rotatable bonds is 7. The van der Waals surface area contributed by atoms with Crippen LogP contribution in [-0.4, -0.2) is 76.0 Å². The van der Waals surface area contributed by atoms with Gasteiger partial charge in [-0.15, -0.1) is 0 Å². The molecule has 0 aliphatic carbocycles. The Balaban J connectivity index is 1.91. The average molecular weight is 428 g/mol. The molecule has 0 spiro atoms. The van der Waals surface area contributed by atoms with Crippen molar-refractivity contribution in [2.75, 3.05) is 49.8 Å². The highest BCUT2D eigenvalue weighted by atomic mass is 32.2. The summed E-state index contributed by atoms with van der Waals surface area (Å²) in [6, 6.07) is 7.64. The van der Waals surface area contributed by atoms with Gasteiger partial charge in [0, 0.05) is 38.5 Å². The lowest BCUT2D eigenvalue weighted by Crippen LogP contribution is -2.50. The maximum absolute atomic E-state index is 12.2. The predicted molar refractivity (Wildman–Crippen MR) is 114 cm³/mol. The first-order chi connectivity index (χ1) is 13.4. The Kier molecular flexibility index (Phi) is 7.76. The SMILES string of the molecule is CC(COc1ccccc1N1CCN(C(=O)OC(C)(C)C)CC1)NCS(C)(=O)=O. The summed E-state index contributed by atoms with van der Waals surface area (Å²) >= 11 is 0. The first kappa shape index (κ1) is 23.3. The van der Waals surface area contributed by atoms with Crippen LogP contribution in [0.1, 0.15) is 27.7 Å². The minimum atomic E-state index is -3.07. The van der Waals surface area contributed by atoms with E-state index in [4.69, 9.17) is 9.47 Å². The van der Waals surface area contributed by atoms with Crippen molar-refractivity contribution < 1.29 is 22.7 Å².